The molecule has 0 saturated carbocycles. The number of rotatable bonds is 9. The molecular weight excluding hydrogens is 338 g/mol. The maximum atomic E-state index is 12.6. The van der Waals surface area contributed by atoms with Crippen molar-refractivity contribution in [1.82, 2.24) is 9.88 Å². The van der Waals surface area contributed by atoms with Crippen LogP contribution in [0.4, 0.5) is 5.69 Å². The molecule has 0 bridgehead atoms. The number of H-pyrrole nitrogens is 1. The quantitative estimate of drug-likeness (QED) is 0.695. The Bertz CT molecular complexity index is 734. The molecule has 1 aromatic heterocycles. The van der Waals surface area contributed by atoms with Crippen molar-refractivity contribution in [3.05, 3.63) is 30.0 Å². The number of nitrogens with zero attached hydrogens (tertiary/aromatic N) is 1. The van der Waals surface area contributed by atoms with Crippen LogP contribution >= 0.6 is 0 Å². The Morgan fingerprint density at radius 3 is 2.85 bits per heavy atom. The summed E-state index contributed by atoms with van der Waals surface area (Å²) in [5.74, 6) is 0.253. The molecular formula is C22H33N3O2. The fourth-order valence-electron chi connectivity index (χ4n) is 3.78. The number of anilines is 1. The Kier molecular flexibility index (Phi) is 7.30. The van der Waals surface area contributed by atoms with Gasteiger partial charge in [0, 0.05) is 48.3 Å². The van der Waals surface area contributed by atoms with Crippen molar-refractivity contribution in [2.24, 2.45) is 5.92 Å². The van der Waals surface area contributed by atoms with Gasteiger partial charge < -0.3 is 15.0 Å². The minimum atomic E-state index is 0.104. The molecule has 2 N–H and O–H groups in total. The van der Waals surface area contributed by atoms with Gasteiger partial charge in [0.15, 0.2) is 0 Å². The van der Waals surface area contributed by atoms with Crippen molar-refractivity contribution in [3.63, 3.8) is 0 Å². The van der Waals surface area contributed by atoms with Gasteiger partial charge in [-0.05, 0) is 43.0 Å². The lowest BCUT2D eigenvalue weighted by atomic mass is 9.98. The monoisotopic (exact) mass is 371 g/mol. The zero-order valence-electron chi connectivity index (χ0n) is 16.7. The molecule has 1 aromatic carbocycles. The predicted molar refractivity (Wildman–Crippen MR) is 111 cm³/mol. The molecule has 3 rings (SSSR count). The molecule has 1 aliphatic rings. The third-order valence-corrected chi connectivity index (χ3v) is 5.61. The van der Waals surface area contributed by atoms with Crippen molar-refractivity contribution in [2.75, 3.05) is 38.2 Å². The molecule has 1 atom stereocenters. The molecule has 5 heteroatoms. The van der Waals surface area contributed by atoms with Gasteiger partial charge in [-0.1, -0.05) is 26.7 Å². The molecule has 1 amide bonds. The highest BCUT2D eigenvalue weighted by Crippen LogP contribution is 2.24. The lowest BCUT2D eigenvalue weighted by molar-refractivity contribution is -0.120. The summed E-state index contributed by atoms with van der Waals surface area (Å²) in [5, 5.41) is 4.35. The van der Waals surface area contributed by atoms with Crippen LogP contribution in [0.25, 0.3) is 10.9 Å². The average Bonchev–Trinajstić information content (AvgIpc) is 3.10. The van der Waals surface area contributed by atoms with Crippen molar-refractivity contribution in [1.29, 1.82) is 0 Å². The summed E-state index contributed by atoms with van der Waals surface area (Å²) in [4.78, 5) is 18.4. The van der Waals surface area contributed by atoms with Crippen LogP contribution in [0.1, 0.15) is 45.1 Å². The van der Waals surface area contributed by atoms with Crippen molar-refractivity contribution in [3.8, 4) is 0 Å². The number of aromatic amines is 1. The fourth-order valence-corrected chi connectivity index (χ4v) is 3.78. The normalized spacial score (nSPS) is 16.5. The first-order valence-electron chi connectivity index (χ1n) is 10.4. The second kappa shape index (κ2) is 9.90. The topological polar surface area (TPSA) is 57.4 Å². The largest absolute Gasteiger partial charge is 0.379 e. The second-order valence-corrected chi connectivity index (χ2v) is 7.51. The van der Waals surface area contributed by atoms with E-state index in [4.69, 9.17) is 4.74 Å². The van der Waals surface area contributed by atoms with Crippen LogP contribution in [0.2, 0.25) is 0 Å². The number of aromatic nitrogens is 1. The summed E-state index contributed by atoms with van der Waals surface area (Å²) < 4.78 is 5.42. The predicted octanol–water partition coefficient (Wildman–Crippen LogP) is 4.20. The molecule has 2 aromatic rings. The minimum Gasteiger partial charge on any atom is -0.379 e. The summed E-state index contributed by atoms with van der Waals surface area (Å²) in [5.41, 5.74) is 3.34. The van der Waals surface area contributed by atoms with E-state index in [9.17, 15) is 4.79 Å². The number of hydrogen-bond acceptors (Lipinski definition) is 3. The molecule has 5 nitrogen and oxygen atoms in total. The van der Waals surface area contributed by atoms with E-state index in [1.807, 2.05) is 6.07 Å². The van der Waals surface area contributed by atoms with E-state index < -0.39 is 0 Å². The van der Waals surface area contributed by atoms with Gasteiger partial charge in [0.2, 0.25) is 5.91 Å². The van der Waals surface area contributed by atoms with Crippen LogP contribution in [0.15, 0.2) is 24.4 Å². The Balaban J connectivity index is 1.65. The highest BCUT2D eigenvalue weighted by atomic mass is 16.5. The Morgan fingerprint density at radius 2 is 2.11 bits per heavy atom. The van der Waals surface area contributed by atoms with Gasteiger partial charge >= 0.3 is 0 Å². The van der Waals surface area contributed by atoms with Gasteiger partial charge in [0.25, 0.3) is 0 Å². The van der Waals surface area contributed by atoms with Crippen LogP contribution in [0.5, 0.6) is 0 Å². The summed E-state index contributed by atoms with van der Waals surface area (Å²) in [6, 6.07) is 6.18. The third kappa shape index (κ3) is 5.33. The number of carbonyl (C=O) groups is 1. The number of fused-ring (bicyclic) bond motifs is 1. The minimum absolute atomic E-state index is 0.104. The Morgan fingerprint density at radius 1 is 1.30 bits per heavy atom. The van der Waals surface area contributed by atoms with E-state index in [0.29, 0.717) is 0 Å². The van der Waals surface area contributed by atoms with Crippen molar-refractivity contribution < 1.29 is 9.53 Å². The number of morpholine rings is 1. The van der Waals surface area contributed by atoms with E-state index in [1.165, 1.54) is 10.9 Å². The summed E-state index contributed by atoms with van der Waals surface area (Å²) >= 11 is 0. The van der Waals surface area contributed by atoms with E-state index in [0.717, 1.165) is 76.2 Å². The molecule has 1 aliphatic heterocycles. The highest BCUT2D eigenvalue weighted by Gasteiger charge is 2.17. The Labute approximate surface area is 162 Å². The molecule has 148 valence electrons. The molecule has 0 spiro atoms. The summed E-state index contributed by atoms with van der Waals surface area (Å²) in [6.45, 7) is 9.00. The van der Waals surface area contributed by atoms with E-state index in [2.05, 4.69) is 47.4 Å². The molecule has 1 unspecified atom stereocenters. The SMILES string of the molecule is CCCCC(CC)C(=O)Nc1ccc2[nH]cc(CCN3CCOCC3)c2c1. The van der Waals surface area contributed by atoms with E-state index in [-0.39, 0.29) is 11.8 Å². The van der Waals surface area contributed by atoms with Gasteiger partial charge in [-0.25, -0.2) is 0 Å². The third-order valence-electron chi connectivity index (χ3n) is 5.61. The van der Waals surface area contributed by atoms with Gasteiger partial charge in [0.1, 0.15) is 0 Å². The molecule has 27 heavy (non-hydrogen) atoms. The van der Waals surface area contributed by atoms with Crippen LogP contribution in [0.3, 0.4) is 0 Å². The Hall–Kier alpha value is -1.85. The first kappa shape index (κ1) is 19.9. The smallest absolute Gasteiger partial charge is 0.227 e. The number of carbonyl (C=O) groups excluding carboxylic acids is 1. The van der Waals surface area contributed by atoms with Crippen LogP contribution in [-0.4, -0.2) is 48.6 Å². The number of ether oxygens (including phenoxy) is 1. The summed E-state index contributed by atoms with van der Waals surface area (Å²) in [7, 11) is 0. The maximum absolute atomic E-state index is 12.6. The van der Waals surface area contributed by atoms with Crippen LogP contribution < -0.4 is 5.32 Å². The van der Waals surface area contributed by atoms with Gasteiger partial charge in [-0.2, -0.15) is 0 Å². The lowest BCUT2D eigenvalue weighted by Crippen LogP contribution is -2.37. The van der Waals surface area contributed by atoms with Crippen molar-refractivity contribution >= 4 is 22.5 Å². The van der Waals surface area contributed by atoms with Crippen LogP contribution in [0, 0.1) is 5.92 Å². The van der Waals surface area contributed by atoms with Gasteiger partial charge in [0.05, 0.1) is 13.2 Å². The number of nitrogens with one attached hydrogen (secondary N) is 2. The maximum Gasteiger partial charge on any atom is 0.227 e. The van der Waals surface area contributed by atoms with Gasteiger partial charge in [-0.15, -0.1) is 0 Å². The summed E-state index contributed by atoms with van der Waals surface area (Å²) in [6.07, 6.45) is 7.21. The second-order valence-electron chi connectivity index (χ2n) is 7.51. The first-order valence-corrected chi connectivity index (χ1v) is 10.4. The first-order chi connectivity index (χ1) is 13.2. The number of hydrogen-bond donors (Lipinski definition) is 2. The standard InChI is InChI=1S/C22H33N3O2/c1-3-5-6-17(4-2)22(26)24-19-7-8-21-20(15-19)18(16-23-21)9-10-25-11-13-27-14-12-25/h7-8,15-17,23H,3-6,9-14H2,1-2H3,(H,24,26). The van der Waals surface area contributed by atoms with E-state index >= 15 is 0 Å². The average molecular weight is 372 g/mol. The van der Waals surface area contributed by atoms with E-state index in [1.54, 1.807) is 0 Å². The zero-order valence-corrected chi connectivity index (χ0v) is 16.7. The van der Waals surface area contributed by atoms with Crippen LogP contribution in [-0.2, 0) is 16.0 Å². The zero-order chi connectivity index (χ0) is 19.1. The molecule has 1 fully saturated rings. The molecule has 2 heterocycles. The van der Waals surface area contributed by atoms with Gasteiger partial charge in [-0.3, -0.25) is 9.69 Å². The number of unbranched alkanes of at least 4 members (excludes halogenated alkanes) is 1. The molecule has 0 aliphatic carbocycles. The molecule has 0 radical (unpaired) electrons. The number of amides is 1. The number of benzene rings is 1. The van der Waals surface area contributed by atoms with Crippen molar-refractivity contribution in [2.45, 2.75) is 46.0 Å². The lowest BCUT2D eigenvalue weighted by Gasteiger charge is -2.26. The molecule has 1 saturated heterocycles. The fraction of sp³-hybridized carbons (Fsp3) is 0.591. The highest BCUT2D eigenvalue weighted by molar-refractivity contribution is 5.95.